The van der Waals surface area contributed by atoms with E-state index in [4.69, 9.17) is 9.47 Å². The van der Waals surface area contributed by atoms with Crippen molar-refractivity contribution in [2.24, 2.45) is 0 Å². The average molecular weight is 333 g/mol. The van der Waals surface area contributed by atoms with Crippen LogP contribution in [0.5, 0.6) is 11.5 Å². The second-order valence-electron chi connectivity index (χ2n) is 4.53. The minimum absolute atomic E-state index is 0.327. The van der Waals surface area contributed by atoms with Crippen molar-refractivity contribution in [1.29, 1.82) is 0 Å². The molecule has 1 aliphatic heterocycles. The Labute approximate surface area is 129 Å². The second-order valence-corrected chi connectivity index (χ2v) is 4.53. The third kappa shape index (κ3) is 5.24. The van der Waals surface area contributed by atoms with E-state index in [1.165, 1.54) is 0 Å². The molecular formula is C13H14F3N3O4. The molecule has 7 nitrogen and oxygen atoms in total. The highest BCUT2D eigenvalue weighted by molar-refractivity contribution is 5.94. The van der Waals surface area contributed by atoms with Crippen LogP contribution in [0.3, 0.4) is 0 Å². The number of benzene rings is 1. The van der Waals surface area contributed by atoms with Crippen LogP contribution in [0.1, 0.15) is 0 Å². The summed E-state index contributed by atoms with van der Waals surface area (Å²) in [6.45, 7) is -1.32. The largest absolute Gasteiger partial charge is 0.486 e. The molecule has 0 radical (unpaired) electrons. The number of anilines is 1. The smallest absolute Gasteiger partial charge is 0.405 e. The van der Waals surface area contributed by atoms with Gasteiger partial charge >= 0.3 is 12.2 Å². The van der Waals surface area contributed by atoms with Gasteiger partial charge in [0.25, 0.3) is 0 Å². The molecule has 0 spiro atoms. The van der Waals surface area contributed by atoms with E-state index in [2.05, 4.69) is 10.6 Å². The highest BCUT2D eigenvalue weighted by Crippen LogP contribution is 2.37. The quantitative estimate of drug-likeness (QED) is 0.774. The summed E-state index contributed by atoms with van der Waals surface area (Å²) in [5.74, 6) is -0.125. The minimum Gasteiger partial charge on any atom is -0.486 e. The van der Waals surface area contributed by atoms with Crippen LogP contribution in [0.25, 0.3) is 0 Å². The lowest BCUT2D eigenvalue weighted by Gasteiger charge is -2.21. The zero-order valence-electron chi connectivity index (χ0n) is 11.8. The first kappa shape index (κ1) is 16.7. The molecule has 23 heavy (non-hydrogen) atoms. The monoisotopic (exact) mass is 333 g/mol. The average Bonchev–Trinajstić information content (AvgIpc) is 2.50. The van der Waals surface area contributed by atoms with E-state index in [1.807, 2.05) is 0 Å². The number of halogens is 3. The number of hydrogen-bond acceptors (Lipinski definition) is 4. The van der Waals surface area contributed by atoms with Crippen LogP contribution in [0.15, 0.2) is 18.2 Å². The first-order valence-electron chi connectivity index (χ1n) is 6.62. The molecule has 0 unspecified atom stereocenters. The fourth-order valence-electron chi connectivity index (χ4n) is 1.76. The molecule has 1 aliphatic rings. The van der Waals surface area contributed by atoms with Gasteiger partial charge in [-0.1, -0.05) is 6.07 Å². The van der Waals surface area contributed by atoms with Crippen LogP contribution in [0, 0.1) is 0 Å². The van der Waals surface area contributed by atoms with Gasteiger partial charge in [-0.05, 0) is 12.1 Å². The van der Waals surface area contributed by atoms with Crippen molar-refractivity contribution in [3.63, 3.8) is 0 Å². The molecule has 2 rings (SSSR count). The number of alkyl halides is 3. The SMILES string of the molecule is O=C(CNC(=O)Nc1cccc2c1OCCO2)NCC(F)(F)F. The Morgan fingerprint density at radius 3 is 2.61 bits per heavy atom. The second kappa shape index (κ2) is 7.07. The van der Waals surface area contributed by atoms with Crippen LogP contribution in [0.2, 0.25) is 0 Å². The van der Waals surface area contributed by atoms with Gasteiger partial charge in [-0.2, -0.15) is 13.2 Å². The summed E-state index contributed by atoms with van der Waals surface area (Å²) in [6.07, 6.45) is -4.50. The van der Waals surface area contributed by atoms with E-state index >= 15 is 0 Å². The highest BCUT2D eigenvalue weighted by Gasteiger charge is 2.27. The maximum absolute atomic E-state index is 11.9. The van der Waals surface area contributed by atoms with Crippen molar-refractivity contribution >= 4 is 17.6 Å². The van der Waals surface area contributed by atoms with Crippen LogP contribution in [-0.2, 0) is 4.79 Å². The number of ether oxygens (including phenoxy) is 2. The van der Waals surface area contributed by atoms with E-state index < -0.39 is 31.2 Å². The maximum Gasteiger partial charge on any atom is 0.405 e. The molecule has 3 amide bonds. The van der Waals surface area contributed by atoms with Gasteiger partial charge in [-0.3, -0.25) is 4.79 Å². The van der Waals surface area contributed by atoms with Crippen molar-refractivity contribution in [2.75, 3.05) is 31.6 Å². The number of fused-ring (bicyclic) bond motifs is 1. The van der Waals surface area contributed by atoms with Gasteiger partial charge in [0.15, 0.2) is 11.5 Å². The summed E-state index contributed by atoms with van der Waals surface area (Å²) in [6, 6.07) is 4.12. The third-order valence-electron chi connectivity index (χ3n) is 2.71. The molecule has 0 aliphatic carbocycles. The summed E-state index contributed by atoms with van der Waals surface area (Å²) >= 11 is 0. The summed E-state index contributed by atoms with van der Waals surface area (Å²) in [5.41, 5.74) is 0.329. The van der Waals surface area contributed by atoms with E-state index in [-0.39, 0.29) is 0 Å². The van der Waals surface area contributed by atoms with Crippen molar-refractivity contribution in [3.05, 3.63) is 18.2 Å². The number of amides is 3. The molecule has 126 valence electrons. The Morgan fingerprint density at radius 1 is 1.13 bits per heavy atom. The molecule has 0 saturated carbocycles. The fraction of sp³-hybridized carbons (Fsp3) is 0.385. The van der Waals surface area contributed by atoms with Gasteiger partial charge in [-0.25, -0.2) is 4.79 Å². The summed E-state index contributed by atoms with van der Waals surface area (Å²) in [4.78, 5) is 22.9. The molecule has 10 heteroatoms. The van der Waals surface area contributed by atoms with E-state index in [9.17, 15) is 22.8 Å². The Morgan fingerprint density at radius 2 is 1.87 bits per heavy atom. The van der Waals surface area contributed by atoms with Crippen molar-refractivity contribution in [3.8, 4) is 11.5 Å². The Bertz CT molecular complexity index is 592. The number of nitrogens with one attached hydrogen (secondary N) is 3. The van der Waals surface area contributed by atoms with Gasteiger partial charge < -0.3 is 25.4 Å². The number of para-hydroxylation sites is 1. The predicted octanol–water partition coefficient (Wildman–Crippen LogP) is 1.26. The lowest BCUT2D eigenvalue weighted by atomic mass is 10.2. The van der Waals surface area contributed by atoms with Crippen LogP contribution in [-0.4, -0.2) is 44.4 Å². The molecule has 1 aromatic rings. The molecule has 0 aromatic heterocycles. The summed E-state index contributed by atoms with van der Waals surface area (Å²) in [5, 5.41) is 6.23. The van der Waals surface area contributed by atoms with Crippen molar-refractivity contribution in [2.45, 2.75) is 6.18 Å². The lowest BCUT2D eigenvalue weighted by Crippen LogP contribution is -2.42. The topological polar surface area (TPSA) is 88.7 Å². The van der Waals surface area contributed by atoms with Gasteiger partial charge in [0, 0.05) is 0 Å². The fourth-order valence-corrected chi connectivity index (χ4v) is 1.76. The Hall–Kier alpha value is -2.65. The molecule has 0 atom stereocenters. The normalized spacial score (nSPS) is 13.2. The number of rotatable bonds is 4. The highest BCUT2D eigenvalue weighted by atomic mass is 19.4. The number of urea groups is 1. The first-order valence-corrected chi connectivity index (χ1v) is 6.62. The van der Waals surface area contributed by atoms with Crippen LogP contribution >= 0.6 is 0 Å². The molecule has 3 N–H and O–H groups in total. The third-order valence-corrected chi connectivity index (χ3v) is 2.71. The first-order chi connectivity index (χ1) is 10.8. The number of carbonyl (C=O) groups excluding carboxylic acids is 2. The van der Waals surface area contributed by atoms with Gasteiger partial charge in [0.1, 0.15) is 19.8 Å². The van der Waals surface area contributed by atoms with E-state index in [0.29, 0.717) is 30.4 Å². The molecule has 0 saturated heterocycles. The van der Waals surface area contributed by atoms with E-state index in [0.717, 1.165) is 0 Å². The molecular weight excluding hydrogens is 319 g/mol. The number of hydrogen-bond donors (Lipinski definition) is 3. The standard InChI is InChI=1S/C13H14F3N3O4/c14-13(15,16)7-18-10(20)6-17-12(21)19-8-2-1-3-9-11(8)23-5-4-22-9/h1-3H,4-7H2,(H,18,20)(H2,17,19,21). The number of carbonyl (C=O) groups is 2. The van der Waals surface area contributed by atoms with Crippen LogP contribution < -0.4 is 25.4 Å². The van der Waals surface area contributed by atoms with Crippen molar-refractivity contribution < 1.29 is 32.2 Å². The summed E-state index contributed by atoms with van der Waals surface area (Å²) < 4.78 is 46.5. The summed E-state index contributed by atoms with van der Waals surface area (Å²) in [7, 11) is 0. The van der Waals surface area contributed by atoms with Gasteiger partial charge in [-0.15, -0.1) is 0 Å². The van der Waals surface area contributed by atoms with Crippen LogP contribution in [0.4, 0.5) is 23.7 Å². The molecule has 1 heterocycles. The maximum atomic E-state index is 11.9. The lowest BCUT2D eigenvalue weighted by molar-refractivity contribution is -0.137. The predicted molar refractivity (Wildman–Crippen MR) is 73.5 cm³/mol. The van der Waals surface area contributed by atoms with E-state index in [1.54, 1.807) is 23.5 Å². The van der Waals surface area contributed by atoms with Crippen molar-refractivity contribution in [1.82, 2.24) is 10.6 Å². The Kier molecular flexibility index (Phi) is 5.14. The zero-order valence-corrected chi connectivity index (χ0v) is 11.8. The molecule has 0 fully saturated rings. The van der Waals surface area contributed by atoms with Gasteiger partial charge in [0.05, 0.1) is 12.2 Å². The zero-order chi connectivity index (χ0) is 16.9. The molecule has 1 aromatic carbocycles. The molecule has 0 bridgehead atoms. The van der Waals surface area contributed by atoms with Gasteiger partial charge in [0.2, 0.25) is 5.91 Å². The Balaban J connectivity index is 1.83. The minimum atomic E-state index is -4.50.